The van der Waals surface area contributed by atoms with Gasteiger partial charge in [-0.25, -0.2) is 0 Å². The second-order valence-electron chi connectivity index (χ2n) is 3.73. The van der Waals surface area contributed by atoms with Gasteiger partial charge in [-0.15, -0.1) is 0 Å². The molecule has 0 atom stereocenters. The molecule has 0 aromatic heterocycles. The summed E-state index contributed by atoms with van der Waals surface area (Å²) in [6, 6.07) is 0. The maximum atomic E-state index is 9.10. The number of ether oxygens (including phenoxy) is 1. The van der Waals surface area contributed by atoms with Crippen LogP contribution < -0.4 is 0 Å². The number of aliphatic hydroxyl groups is 2. The summed E-state index contributed by atoms with van der Waals surface area (Å²) in [4.78, 5) is 0. The molecule has 0 spiro atoms. The van der Waals surface area contributed by atoms with Gasteiger partial charge in [0.05, 0.1) is 23.7 Å². The van der Waals surface area contributed by atoms with Gasteiger partial charge in [-0.05, 0) is 27.7 Å². The summed E-state index contributed by atoms with van der Waals surface area (Å²) in [6.45, 7) is 12.8. The molecule has 0 aliphatic rings. The smallest absolute Gasteiger partial charge is 0.432 e. The van der Waals surface area contributed by atoms with E-state index in [1.54, 1.807) is 27.7 Å². The van der Waals surface area contributed by atoms with Gasteiger partial charge in [-0.1, -0.05) is 13.2 Å². The lowest BCUT2D eigenvalue weighted by molar-refractivity contribution is -0.107. The van der Waals surface area contributed by atoms with E-state index in [2.05, 4.69) is 17.9 Å². The molecule has 4 N–H and O–H groups in total. The van der Waals surface area contributed by atoms with Crippen LogP contribution in [0, 0.1) is 0 Å². The first kappa shape index (κ1) is 20.6. The van der Waals surface area contributed by atoms with Gasteiger partial charge in [-0.3, -0.25) is 0 Å². The van der Waals surface area contributed by atoms with E-state index in [1.165, 1.54) is 12.5 Å². The zero-order valence-electron chi connectivity index (χ0n) is 10.5. The van der Waals surface area contributed by atoms with Gasteiger partial charge in [0.1, 0.15) is 0 Å². The summed E-state index contributed by atoms with van der Waals surface area (Å²) in [7, 11) is -0.750. The number of hydrogen-bond donors (Lipinski definition) is 4. The summed E-state index contributed by atoms with van der Waals surface area (Å²) in [6.07, 6.45) is 2.62. The van der Waals surface area contributed by atoms with Crippen LogP contribution in [0.5, 0.6) is 0 Å². The fourth-order valence-electron chi connectivity index (χ4n) is 0.0680. The minimum atomic E-state index is -1.01. The molecule has 0 unspecified atom stereocenters. The Kier molecular flexibility index (Phi) is 13.8. The van der Waals surface area contributed by atoms with Crippen molar-refractivity contribution in [3.05, 3.63) is 25.7 Å². The lowest BCUT2D eigenvalue weighted by atomic mass is 9.90. The molecule has 0 saturated heterocycles. The molecule has 16 heavy (non-hydrogen) atoms. The molecule has 6 heteroatoms. The first-order valence-corrected chi connectivity index (χ1v) is 4.62. The van der Waals surface area contributed by atoms with Gasteiger partial charge in [0, 0.05) is 0 Å². The molecule has 0 aliphatic carbocycles. The van der Waals surface area contributed by atoms with E-state index in [1.807, 2.05) is 0 Å². The van der Waals surface area contributed by atoms with E-state index >= 15 is 0 Å². The number of hydrogen-bond acceptors (Lipinski definition) is 5. The first-order chi connectivity index (χ1) is 7.08. The summed E-state index contributed by atoms with van der Waals surface area (Å²) < 4.78 is 4.36. The van der Waals surface area contributed by atoms with Gasteiger partial charge in [0.15, 0.2) is 0 Å². The predicted octanol–water partition coefficient (Wildman–Crippen LogP) is 0.0557. The van der Waals surface area contributed by atoms with Crippen LogP contribution in [-0.4, -0.2) is 39.1 Å². The van der Waals surface area contributed by atoms with Gasteiger partial charge in [-0.2, -0.15) is 0 Å². The minimum Gasteiger partial charge on any atom is -0.474 e. The summed E-state index contributed by atoms with van der Waals surface area (Å²) >= 11 is 0. The highest BCUT2D eigenvalue weighted by molar-refractivity contribution is 6.13. The highest BCUT2D eigenvalue weighted by Crippen LogP contribution is 2.19. The van der Waals surface area contributed by atoms with Crippen molar-refractivity contribution in [1.82, 2.24) is 0 Å². The van der Waals surface area contributed by atoms with Crippen molar-refractivity contribution in [3.8, 4) is 0 Å². The maximum absolute atomic E-state index is 9.10. The minimum absolute atomic E-state index is 0.750. The van der Waals surface area contributed by atoms with E-state index in [-0.39, 0.29) is 0 Å². The molecular formula is C10H23BO5. The van der Waals surface area contributed by atoms with E-state index in [0.717, 1.165) is 0 Å². The van der Waals surface area contributed by atoms with E-state index in [4.69, 9.17) is 20.3 Å². The SMILES string of the molecule is C=COC=C.CC(C)(O)C(C)(C)O.OBO. The monoisotopic (exact) mass is 234 g/mol. The lowest BCUT2D eigenvalue weighted by Gasteiger charge is -2.31. The first-order valence-electron chi connectivity index (χ1n) is 4.62. The van der Waals surface area contributed by atoms with Gasteiger partial charge >= 0.3 is 7.69 Å². The van der Waals surface area contributed by atoms with Crippen molar-refractivity contribution < 1.29 is 25.0 Å². The highest BCUT2D eigenvalue weighted by Gasteiger charge is 2.31. The fraction of sp³-hybridized carbons (Fsp3) is 0.600. The van der Waals surface area contributed by atoms with Crippen LogP contribution in [-0.2, 0) is 4.74 Å². The zero-order valence-corrected chi connectivity index (χ0v) is 10.5. The summed E-state index contributed by atoms with van der Waals surface area (Å²) in [5.41, 5.74) is -2.01. The van der Waals surface area contributed by atoms with Crippen LogP contribution in [0.2, 0.25) is 0 Å². The molecule has 0 saturated carbocycles. The summed E-state index contributed by atoms with van der Waals surface area (Å²) in [5.74, 6) is 0. The molecule has 0 aliphatic heterocycles. The standard InChI is InChI=1S/C6H14O2.C4H6O.BH3O2/c1-5(2,7)6(3,4)8;1-3-5-4-2;2-1-3/h7-8H,1-4H3;3-4H,1-2H2;1-3H. The van der Waals surface area contributed by atoms with Gasteiger partial charge in [0.2, 0.25) is 0 Å². The Hall–Kier alpha value is -0.815. The second-order valence-corrected chi connectivity index (χ2v) is 3.73. The van der Waals surface area contributed by atoms with Crippen molar-refractivity contribution in [1.29, 1.82) is 0 Å². The molecule has 0 rings (SSSR count). The molecule has 0 bridgehead atoms. The third-order valence-corrected chi connectivity index (χ3v) is 1.69. The lowest BCUT2D eigenvalue weighted by Crippen LogP contribution is -2.44. The van der Waals surface area contributed by atoms with Crippen molar-refractivity contribution in [2.75, 3.05) is 0 Å². The maximum Gasteiger partial charge on any atom is 0.432 e. The van der Waals surface area contributed by atoms with Crippen LogP contribution in [0.15, 0.2) is 25.7 Å². The van der Waals surface area contributed by atoms with Crippen LogP contribution in [0.1, 0.15) is 27.7 Å². The Morgan fingerprint density at radius 3 is 1.12 bits per heavy atom. The summed E-state index contributed by atoms with van der Waals surface area (Å²) in [5, 5.41) is 32.5. The molecule has 0 fully saturated rings. The van der Waals surface area contributed by atoms with E-state index < -0.39 is 18.9 Å². The Balaban J connectivity index is -0.000000181. The van der Waals surface area contributed by atoms with Crippen LogP contribution >= 0.6 is 0 Å². The Labute approximate surface area is 98.0 Å². The van der Waals surface area contributed by atoms with Gasteiger partial charge < -0.3 is 25.0 Å². The predicted molar refractivity (Wildman–Crippen MR) is 65.7 cm³/mol. The van der Waals surface area contributed by atoms with E-state index in [0.29, 0.717) is 0 Å². The second kappa shape index (κ2) is 10.7. The topological polar surface area (TPSA) is 90.2 Å². The number of rotatable bonds is 3. The zero-order chi connectivity index (χ0) is 13.8. The van der Waals surface area contributed by atoms with Crippen molar-refractivity contribution in [2.24, 2.45) is 0 Å². The molecule has 0 amide bonds. The van der Waals surface area contributed by atoms with Crippen molar-refractivity contribution in [2.45, 2.75) is 38.9 Å². The Bertz CT molecular complexity index is 151. The van der Waals surface area contributed by atoms with Crippen molar-refractivity contribution in [3.63, 3.8) is 0 Å². The molecule has 96 valence electrons. The molecular weight excluding hydrogens is 211 g/mol. The molecule has 5 nitrogen and oxygen atoms in total. The fourth-order valence-corrected chi connectivity index (χ4v) is 0.0680. The quantitative estimate of drug-likeness (QED) is 0.409. The highest BCUT2D eigenvalue weighted by atomic mass is 16.5. The van der Waals surface area contributed by atoms with Crippen molar-refractivity contribution >= 4 is 7.69 Å². The molecule has 0 aromatic rings. The molecule has 0 heterocycles. The normalized spacial score (nSPS) is 9.75. The van der Waals surface area contributed by atoms with Crippen LogP contribution in [0.25, 0.3) is 0 Å². The average molecular weight is 234 g/mol. The third kappa shape index (κ3) is 18.9. The van der Waals surface area contributed by atoms with Gasteiger partial charge in [0.25, 0.3) is 0 Å². The van der Waals surface area contributed by atoms with Crippen LogP contribution in [0.3, 0.4) is 0 Å². The van der Waals surface area contributed by atoms with Crippen LogP contribution in [0.4, 0.5) is 0 Å². The largest absolute Gasteiger partial charge is 0.474 e. The average Bonchev–Trinajstić information content (AvgIpc) is 2.04. The Morgan fingerprint density at radius 2 is 1.12 bits per heavy atom. The molecule has 0 aromatic carbocycles. The van der Waals surface area contributed by atoms with E-state index in [9.17, 15) is 0 Å². The third-order valence-electron chi connectivity index (χ3n) is 1.69. The molecule has 0 radical (unpaired) electrons. The Morgan fingerprint density at radius 1 is 0.938 bits per heavy atom.